The van der Waals surface area contributed by atoms with Crippen LogP contribution in [0.4, 0.5) is 0 Å². The van der Waals surface area contributed by atoms with Crippen molar-refractivity contribution in [3.8, 4) is 0 Å². The number of rotatable bonds is 7. The number of nitrogens with one attached hydrogen (secondary N) is 1. The monoisotopic (exact) mass is 253 g/mol. The molecule has 0 aromatic heterocycles. The van der Waals surface area contributed by atoms with Gasteiger partial charge in [0, 0.05) is 6.54 Å². The van der Waals surface area contributed by atoms with Gasteiger partial charge in [-0.1, -0.05) is 30.3 Å². The zero-order chi connectivity index (χ0) is 13.6. The largest absolute Gasteiger partial charge is 0.481 e. The lowest BCUT2D eigenvalue weighted by molar-refractivity contribution is -0.139. The molecule has 0 fully saturated rings. The minimum absolute atomic E-state index is 0.109. The Morgan fingerprint density at radius 1 is 1.39 bits per heavy atom. The van der Waals surface area contributed by atoms with Crippen LogP contribution in [0, 0.1) is 0 Å². The van der Waals surface area contributed by atoms with E-state index in [1.54, 1.807) is 6.92 Å². The number of hydrogen-bond donors (Lipinski definition) is 4. The molecule has 5 nitrogen and oxygen atoms in total. The van der Waals surface area contributed by atoms with Gasteiger partial charge < -0.3 is 20.6 Å². The first-order valence-electron chi connectivity index (χ1n) is 5.79. The number of benzene rings is 1. The van der Waals surface area contributed by atoms with Gasteiger partial charge in [0.1, 0.15) is 0 Å². The summed E-state index contributed by atoms with van der Waals surface area (Å²) in [7, 11) is 0. The van der Waals surface area contributed by atoms with Crippen molar-refractivity contribution < 1.29 is 20.1 Å². The smallest absolute Gasteiger partial charge is 0.306 e. The molecule has 1 aromatic rings. The van der Waals surface area contributed by atoms with Crippen LogP contribution in [0.1, 0.15) is 18.9 Å². The van der Waals surface area contributed by atoms with Gasteiger partial charge in [-0.15, -0.1) is 0 Å². The summed E-state index contributed by atoms with van der Waals surface area (Å²) in [6.07, 6.45) is -1.29. The summed E-state index contributed by atoms with van der Waals surface area (Å²) in [6.45, 7) is 1.77. The molecule has 2 unspecified atom stereocenters. The quantitative estimate of drug-likeness (QED) is 0.562. The number of carboxylic acid groups (broad SMARTS) is 1. The first kappa shape index (κ1) is 14.6. The second-order valence-corrected chi connectivity index (χ2v) is 4.49. The SMILES string of the molecule is CC(CO)(NCC(O)CC(=O)O)c1ccccc1. The third-order valence-electron chi connectivity index (χ3n) is 2.87. The predicted molar refractivity (Wildman–Crippen MR) is 67.1 cm³/mol. The molecule has 0 aliphatic heterocycles. The molecule has 0 aliphatic rings. The second kappa shape index (κ2) is 6.49. The van der Waals surface area contributed by atoms with Gasteiger partial charge in [-0.25, -0.2) is 0 Å². The van der Waals surface area contributed by atoms with E-state index in [0.29, 0.717) is 0 Å². The molecule has 100 valence electrons. The van der Waals surface area contributed by atoms with E-state index in [0.717, 1.165) is 5.56 Å². The van der Waals surface area contributed by atoms with Crippen molar-refractivity contribution in [2.45, 2.75) is 25.0 Å². The van der Waals surface area contributed by atoms with E-state index in [1.807, 2.05) is 30.3 Å². The Kier molecular flexibility index (Phi) is 5.27. The molecule has 0 aliphatic carbocycles. The van der Waals surface area contributed by atoms with Crippen LogP contribution in [0.15, 0.2) is 30.3 Å². The van der Waals surface area contributed by atoms with Gasteiger partial charge in [0.15, 0.2) is 0 Å². The highest BCUT2D eigenvalue weighted by molar-refractivity contribution is 5.67. The molecule has 0 heterocycles. The van der Waals surface area contributed by atoms with Gasteiger partial charge >= 0.3 is 5.97 Å². The lowest BCUT2D eigenvalue weighted by Crippen LogP contribution is -2.46. The average Bonchev–Trinajstić information content (AvgIpc) is 2.36. The lowest BCUT2D eigenvalue weighted by Gasteiger charge is -2.30. The summed E-state index contributed by atoms with van der Waals surface area (Å²) in [5.41, 5.74) is 0.191. The van der Waals surface area contributed by atoms with Crippen molar-refractivity contribution in [2.75, 3.05) is 13.2 Å². The van der Waals surface area contributed by atoms with E-state index in [1.165, 1.54) is 0 Å². The number of aliphatic carboxylic acids is 1. The number of carbonyl (C=O) groups is 1. The van der Waals surface area contributed by atoms with Gasteiger partial charge in [-0.3, -0.25) is 4.79 Å². The highest BCUT2D eigenvalue weighted by Gasteiger charge is 2.26. The van der Waals surface area contributed by atoms with E-state index in [4.69, 9.17) is 5.11 Å². The van der Waals surface area contributed by atoms with E-state index < -0.39 is 17.6 Å². The molecule has 5 heteroatoms. The summed E-state index contributed by atoms with van der Waals surface area (Å²) >= 11 is 0. The summed E-state index contributed by atoms with van der Waals surface area (Å²) in [5, 5.41) is 30.5. The van der Waals surface area contributed by atoms with Crippen molar-refractivity contribution in [1.82, 2.24) is 5.32 Å². The van der Waals surface area contributed by atoms with Crippen LogP contribution < -0.4 is 5.32 Å². The second-order valence-electron chi connectivity index (χ2n) is 4.49. The average molecular weight is 253 g/mol. The Balaban J connectivity index is 2.64. The maximum atomic E-state index is 10.4. The van der Waals surface area contributed by atoms with Gasteiger partial charge in [-0.2, -0.15) is 0 Å². The number of carboxylic acids is 1. The zero-order valence-corrected chi connectivity index (χ0v) is 10.3. The van der Waals surface area contributed by atoms with Gasteiger partial charge in [0.2, 0.25) is 0 Å². The van der Waals surface area contributed by atoms with Crippen molar-refractivity contribution >= 4 is 5.97 Å². The van der Waals surface area contributed by atoms with Crippen LogP contribution in [0.2, 0.25) is 0 Å². The highest BCUT2D eigenvalue weighted by atomic mass is 16.4. The molecule has 2 atom stereocenters. The van der Waals surface area contributed by atoms with E-state index in [9.17, 15) is 15.0 Å². The maximum absolute atomic E-state index is 10.4. The first-order chi connectivity index (χ1) is 8.48. The maximum Gasteiger partial charge on any atom is 0.306 e. The van der Waals surface area contributed by atoms with Crippen LogP contribution in [-0.2, 0) is 10.3 Å². The van der Waals surface area contributed by atoms with E-state index >= 15 is 0 Å². The molecule has 0 radical (unpaired) electrons. The van der Waals surface area contributed by atoms with Crippen molar-refractivity contribution in [3.05, 3.63) is 35.9 Å². The Labute approximate surface area is 106 Å². The number of hydrogen-bond acceptors (Lipinski definition) is 4. The fraction of sp³-hybridized carbons (Fsp3) is 0.462. The molecule has 0 spiro atoms. The third kappa shape index (κ3) is 4.10. The van der Waals surface area contributed by atoms with Crippen LogP contribution in [0.25, 0.3) is 0 Å². The molecule has 0 saturated carbocycles. The molecule has 18 heavy (non-hydrogen) atoms. The summed E-state index contributed by atoms with van der Waals surface area (Å²) in [5.74, 6) is -1.05. The van der Waals surface area contributed by atoms with Crippen LogP contribution in [0.3, 0.4) is 0 Å². The summed E-state index contributed by atoms with van der Waals surface area (Å²) in [4.78, 5) is 10.4. The van der Waals surface area contributed by atoms with E-state index in [2.05, 4.69) is 5.32 Å². The Bertz CT molecular complexity index is 382. The topological polar surface area (TPSA) is 89.8 Å². The lowest BCUT2D eigenvalue weighted by atomic mass is 9.92. The van der Waals surface area contributed by atoms with Gasteiger partial charge in [0.25, 0.3) is 0 Å². The van der Waals surface area contributed by atoms with Gasteiger partial charge in [-0.05, 0) is 12.5 Å². The predicted octanol–water partition coefficient (Wildman–Crippen LogP) is 0.319. The van der Waals surface area contributed by atoms with E-state index in [-0.39, 0.29) is 19.6 Å². The van der Waals surface area contributed by atoms with Crippen molar-refractivity contribution in [2.24, 2.45) is 0 Å². The molecule has 0 saturated heterocycles. The van der Waals surface area contributed by atoms with Crippen LogP contribution in [0.5, 0.6) is 0 Å². The minimum atomic E-state index is -1.05. The van der Waals surface area contributed by atoms with Crippen molar-refractivity contribution in [3.63, 3.8) is 0 Å². The molecule has 1 aromatic carbocycles. The number of aliphatic hydroxyl groups is 2. The molecule has 1 rings (SSSR count). The fourth-order valence-electron chi connectivity index (χ4n) is 1.67. The van der Waals surface area contributed by atoms with Crippen LogP contribution in [-0.4, -0.2) is 40.5 Å². The molecule has 0 amide bonds. The Morgan fingerprint density at radius 2 is 2.00 bits per heavy atom. The van der Waals surface area contributed by atoms with Crippen LogP contribution >= 0.6 is 0 Å². The third-order valence-corrected chi connectivity index (χ3v) is 2.87. The molecule has 0 bridgehead atoms. The first-order valence-corrected chi connectivity index (χ1v) is 5.79. The molecular weight excluding hydrogens is 234 g/mol. The molecule has 4 N–H and O–H groups in total. The fourth-order valence-corrected chi connectivity index (χ4v) is 1.67. The standard InChI is InChI=1S/C13H19NO4/c1-13(9-15,10-5-3-2-4-6-10)14-8-11(16)7-12(17)18/h2-6,11,14-16H,7-9H2,1H3,(H,17,18). The number of aliphatic hydroxyl groups excluding tert-OH is 2. The zero-order valence-electron chi connectivity index (χ0n) is 10.3. The van der Waals surface area contributed by atoms with Crippen molar-refractivity contribution in [1.29, 1.82) is 0 Å². The minimum Gasteiger partial charge on any atom is -0.481 e. The summed E-state index contributed by atoms with van der Waals surface area (Å²) < 4.78 is 0. The highest BCUT2D eigenvalue weighted by Crippen LogP contribution is 2.19. The Morgan fingerprint density at radius 3 is 2.50 bits per heavy atom. The molecular formula is C13H19NO4. The summed E-state index contributed by atoms with van der Waals surface area (Å²) in [6, 6.07) is 9.33. The Hall–Kier alpha value is -1.43. The normalized spacial score (nSPS) is 15.9. The van der Waals surface area contributed by atoms with Gasteiger partial charge in [0.05, 0.1) is 24.7 Å².